The lowest BCUT2D eigenvalue weighted by Crippen LogP contribution is -1.97. The molecule has 88 valence electrons. The summed E-state index contributed by atoms with van der Waals surface area (Å²) in [6, 6.07) is 12.6. The Morgan fingerprint density at radius 2 is 1.76 bits per heavy atom. The monoisotopic (exact) mass is 247 g/mol. The summed E-state index contributed by atoms with van der Waals surface area (Å²) in [5.41, 5.74) is 6.72. The molecule has 0 heterocycles. The largest absolute Gasteiger partial charge is 0.504 e. The first-order chi connectivity index (χ1) is 8.20. The van der Waals surface area contributed by atoms with Gasteiger partial charge >= 0.3 is 0 Å². The van der Waals surface area contributed by atoms with Crippen molar-refractivity contribution in [2.24, 2.45) is 5.73 Å². The van der Waals surface area contributed by atoms with Crippen LogP contribution in [-0.2, 0) is 6.54 Å². The second kappa shape index (κ2) is 5.12. The fraction of sp³-hybridized carbons (Fsp3) is 0.0769. The van der Waals surface area contributed by atoms with Crippen LogP contribution in [0.2, 0.25) is 0 Å². The molecule has 0 atom stereocenters. The smallest absolute Gasteiger partial charge is 0.158 e. The van der Waals surface area contributed by atoms with Crippen molar-refractivity contribution in [1.29, 1.82) is 0 Å². The van der Waals surface area contributed by atoms with E-state index in [1.54, 1.807) is 6.07 Å². The highest BCUT2D eigenvalue weighted by Crippen LogP contribution is 2.35. The number of aromatic hydroxyl groups is 2. The minimum absolute atomic E-state index is 0.110. The number of benzene rings is 2. The lowest BCUT2D eigenvalue weighted by molar-refractivity contribution is 0.402. The van der Waals surface area contributed by atoms with Gasteiger partial charge in [-0.15, -0.1) is 0 Å². The third kappa shape index (κ3) is 2.72. The molecule has 2 rings (SSSR count). The summed E-state index contributed by atoms with van der Waals surface area (Å²) in [7, 11) is 0. The fourth-order valence-corrected chi connectivity index (χ4v) is 2.46. The third-order valence-corrected chi connectivity index (χ3v) is 3.48. The first kappa shape index (κ1) is 11.8. The molecule has 2 aromatic carbocycles. The average molecular weight is 247 g/mol. The number of phenols is 2. The molecule has 0 radical (unpaired) electrons. The van der Waals surface area contributed by atoms with Crippen molar-refractivity contribution in [3.63, 3.8) is 0 Å². The second-order valence-electron chi connectivity index (χ2n) is 3.56. The SMILES string of the molecule is NCc1ccccc1Sc1ccc(O)c(O)c1. The summed E-state index contributed by atoms with van der Waals surface area (Å²) in [5.74, 6) is -0.221. The first-order valence-corrected chi connectivity index (χ1v) is 6.00. The molecule has 0 aliphatic heterocycles. The van der Waals surface area contributed by atoms with Gasteiger partial charge in [-0.3, -0.25) is 0 Å². The number of nitrogens with two attached hydrogens (primary N) is 1. The van der Waals surface area contributed by atoms with Gasteiger partial charge < -0.3 is 15.9 Å². The van der Waals surface area contributed by atoms with Crippen molar-refractivity contribution < 1.29 is 10.2 Å². The van der Waals surface area contributed by atoms with E-state index in [0.717, 1.165) is 15.4 Å². The molecule has 4 heteroatoms. The molecule has 0 aliphatic rings. The molecule has 0 saturated carbocycles. The van der Waals surface area contributed by atoms with Crippen LogP contribution in [0.15, 0.2) is 52.3 Å². The van der Waals surface area contributed by atoms with Crippen molar-refractivity contribution in [3.05, 3.63) is 48.0 Å². The van der Waals surface area contributed by atoms with Gasteiger partial charge in [0.25, 0.3) is 0 Å². The molecule has 0 saturated heterocycles. The minimum Gasteiger partial charge on any atom is -0.504 e. The Balaban J connectivity index is 2.28. The summed E-state index contributed by atoms with van der Waals surface area (Å²) in [4.78, 5) is 1.92. The van der Waals surface area contributed by atoms with Crippen LogP contribution in [0, 0.1) is 0 Å². The van der Waals surface area contributed by atoms with Crippen LogP contribution in [0.1, 0.15) is 5.56 Å². The summed E-state index contributed by atoms with van der Waals surface area (Å²) < 4.78 is 0. The van der Waals surface area contributed by atoms with Crippen LogP contribution in [0.25, 0.3) is 0 Å². The van der Waals surface area contributed by atoms with E-state index in [-0.39, 0.29) is 11.5 Å². The number of rotatable bonds is 3. The van der Waals surface area contributed by atoms with E-state index in [9.17, 15) is 10.2 Å². The summed E-state index contributed by atoms with van der Waals surface area (Å²) in [5, 5.41) is 18.6. The van der Waals surface area contributed by atoms with Gasteiger partial charge in [-0.05, 0) is 29.8 Å². The zero-order valence-corrected chi connectivity index (χ0v) is 9.95. The van der Waals surface area contributed by atoms with Gasteiger partial charge in [0, 0.05) is 16.3 Å². The Labute approximate surface area is 104 Å². The van der Waals surface area contributed by atoms with Crippen molar-refractivity contribution in [1.82, 2.24) is 0 Å². The van der Waals surface area contributed by atoms with E-state index >= 15 is 0 Å². The lowest BCUT2D eigenvalue weighted by atomic mass is 10.2. The molecular weight excluding hydrogens is 234 g/mol. The normalized spacial score (nSPS) is 10.4. The maximum atomic E-state index is 9.42. The molecule has 4 N–H and O–H groups in total. The Morgan fingerprint density at radius 3 is 2.47 bits per heavy atom. The van der Waals surface area contributed by atoms with Gasteiger partial charge in [-0.2, -0.15) is 0 Å². The molecule has 0 amide bonds. The van der Waals surface area contributed by atoms with Crippen LogP contribution in [0.4, 0.5) is 0 Å². The molecule has 2 aromatic rings. The highest BCUT2D eigenvalue weighted by Gasteiger charge is 2.05. The Bertz CT molecular complexity index is 529. The summed E-state index contributed by atoms with van der Waals surface area (Å²) >= 11 is 1.51. The number of phenolic OH excluding ortho intramolecular Hbond substituents is 2. The molecular formula is C13H13NO2S. The van der Waals surface area contributed by atoms with Gasteiger partial charge in [0.1, 0.15) is 0 Å². The molecule has 17 heavy (non-hydrogen) atoms. The molecule has 0 fully saturated rings. The maximum Gasteiger partial charge on any atom is 0.158 e. The number of hydrogen-bond acceptors (Lipinski definition) is 4. The van der Waals surface area contributed by atoms with E-state index in [1.807, 2.05) is 24.3 Å². The van der Waals surface area contributed by atoms with Crippen LogP contribution in [-0.4, -0.2) is 10.2 Å². The van der Waals surface area contributed by atoms with Gasteiger partial charge in [0.2, 0.25) is 0 Å². The Hall–Kier alpha value is -1.65. The van der Waals surface area contributed by atoms with E-state index in [1.165, 1.54) is 23.9 Å². The van der Waals surface area contributed by atoms with E-state index in [2.05, 4.69) is 0 Å². The predicted octanol–water partition coefficient (Wildman–Crippen LogP) is 2.71. The van der Waals surface area contributed by atoms with Crippen molar-refractivity contribution in [3.8, 4) is 11.5 Å². The molecule has 0 bridgehead atoms. The summed E-state index contributed by atoms with van der Waals surface area (Å²) in [6.45, 7) is 0.479. The van der Waals surface area contributed by atoms with Crippen LogP contribution in [0.5, 0.6) is 11.5 Å². The Kier molecular flexibility index (Phi) is 3.56. The zero-order chi connectivity index (χ0) is 12.3. The van der Waals surface area contributed by atoms with Crippen molar-refractivity contribution in [2.75, 3.05) is 0 Å². The fourth-order valence-electron chi connectivity index (χ4n) is 1.47. The summed E-state index contributed by atoms with van der Waals surface area (Å²) in [6.07, 6.45) is 0. The zero-order valence-electron chi connectivity index (χ0n) is 9.13. The van der Waals surface area contributed by atoms with E-state index in [0.29, 0.717) is 6.54 Å². The molecule has 0 spiro atoms. The third-order valence-electron chi connectivity index (χ3n) is 2.37. The van der Waals surface area contributed by atoms with Crippen molar-refractivity contribution >= 4 is 11.8 Å². The lowest BCUT2D eigenvalue weighted by Gasteiger charge is -2.07. The van der Waals surface area contributed by atoms with Gasteiger partial charge in [0.15, 0.2) is 11.5 Å². The molecule has 0 aromatic heterocycles. The topological polar surface area (TPSA) is 66.5 Å². The van der Waals surface area contributed by atoms with E-state index < -0.39 is 0 Å². The molecule has 0 unspecified atom stereocenters. The molecule has 3 nitrogen and oxygen atoms in total. The van der Waals surface area contributed by atoms with Gasteiger partial charge in [-0.1, -0.05) is 30.0 Å². The predicted molar refractivity (Wildman–Crippen MR) is 68.2 cm³/mol. The second-order valence-corrected chi connectivity index (χ2v) is 4.68. The van der Waals surface area contributed by atoms with Gasteiger partial charge in [0.05, 0.1) is 0 Å². The highest BCUT2D eigenvalue weighted by atomic mass is 32.2. The van der Waals surface area contributed by atoms with Gasteiger partial charge in [-0.25, -0.2) is 0 Å². The first-order valence-electron chi connectivity index (χ1n) is 5.18. The van der Waals surface area contributed by atoms with Crippen molar-refractivity contribution in [2.45, 2.75) is 16.3 Å². The maximum absolute atomic E-state index is 9.42. The Morgan fingerprint density at radius 1 is 1.00 bits per heavy atom. The van der Waals surface area contributed by atoms with E-state index in [4.69, 9.17) is 5.73 Å². The average Bonchev–Trinajstić information content (AvgIpc) is 2.34. The minimum atomic E-state index is -0.111. The van der Waals surface area contributed by atoms with Crippen LogP contribution in [0.3, 0.4) is 0 Å². The standard InChI is InChI=1S/C13H13NO2S/c14-8-9-3-1-2-4-13(9)17-10-5-6-11(15)12(16)7-10/h1-7,15-16H,8,14H2. The molecule has 0 aliphatic carbocycles. The number of hydrogen-bond donors (Lipinski definition) is 3. The highest BCUT2D eigenvalue weighted by molar-refractivity contribution is 7.99. The van der Waals surface area contributed by atoms with Crippen LogP contribution < -0.4 is 5.73 Å². The quantitative estimate of drug-likeness (QED) is 0.730. The van der Waals surface area contributed by atoms with Crippen LogP contribution >= 0.6 is 11.8 Å².